The van der Waals surface area contributed by atoms with Gasteiger partial charge in [-0.05, 0) is 11.3 Å². The minimum absolute atomic E-state index is 0.328. The van der Waals surface area contributed by atoms with E-state index in [0.717, 1.165) is 6.08 Å². The third kappa shape index (κ3) is 4.07. The molecular formula is C15H11Cl3F5NO2. The molecule has 0 unspecified atom stereocenters. The van der Waals surface area contributed by atoms with Crippen molar-refractivity contribution in [1.82, 2.24) is 4.98 Å². The maximum absolute atomic E-state index is 13.3. The third-order valence-electron chi connectivity index (χ3n) is 4.21. The first-order chi connectivity index (χ1) is 11.8. The van der Waals surface area contributed by atoms with Crippen LogP contribution in [0.2, 0.25) is 10.0 Å². The van der Waals surface area contributed by atoms with Gasteiger partial charge in [-0.15, -0.1) is 0 Å². The van der Waals surface area contributed by atoms with Crippen LogP contribution in [0, 0.1) is 29.1 Å². The van der Waals surface area contributed by atoms with E-state index in [9.17, 15) is 26.7 Å². The van der Waals surface area contributed by atoms with Gasteiger partial charge in [-0.1, -0.05) is 54.7 Å². The average molecular weight is 439 g/mol. The molecule has 1 aliphatic rings. The normalized spacial score (nSPS) is 22.3. The summed E-state index contributed by atoms with van der Waals surface area (Å²) in [5, 5.41) is -2.57. The number of carbonyl (C=O) groups excluding carboxylic acids is 1. The van der Waals surface area contributed by atoms with Crippen LogP contribution in [0.3, 0.4) is 0 Å². The predicted octanol–water partition coefficient (Wildman–Crippen LogP) is 5.67. The number of aromatic nitrogens is 1. The fourth-order valence-electron chi connectivity index (χ4n) is 2.58. The zero-order valence-corrected chi connectivity index (χ0v) is 15.5. The van der Waals surface area contributed by atoms with Crippen molar-refractivity contribution in [2.45, 2.75) is 26.6 Å². The van der Waals surface area contributed by atoms with Crippen LogP contribution in [0.15, 0.2) is 11.1 Å². The van der Waals surface area contributed by atoms with Gasteiger partial charge in [-0.25, -0.2) is 0 Å². The van der Waals surface area contributed by atoms with Crippen molar-refractivity contribution in [1.29, 1.82) is 0 Å². The van der Waals surface area contributed by atoms with Crippen molar-refractivity contribution >= 4 is 40.8 Å². The lowest BCUT2D eigenvalue weighted by atomic mass is 10.1. The third-order valence-corrected chi connectivity index (χ3v) is 5.32. The Morgan fingerprint density at radius 1 is 1.23 bits per heavy atom. The number of nitrogens with zero attached hydrogens (tertiary/aromatic N) is 1. The van der Waals surface area contributed by atoms with Gasteiger partial charge in [0.05, 0.1) is 5.92 Å². The second kappa shape index (κ2) is 7.13. The number of rotatable bonds is 4. The topological polar surface area (TPSA) is 39.2 Å². The molecular weight excluding hydrogens is 428 g/mol. The minimum Gasteiger partial charge on any atom is -0.460 e. The lowest BCUT2D eigenvalue weighted by molar-refractivity contribution is -0.147. The molecule has 1 aliphatic carbocycles. The van der Waals surface area contributed by atoms with Gasteiger partial charge in [-0.3, -0.25) is 4.79 Å². The molecule has 0 radical (unpaired) electrons. The van der Waals surface area contributed by atoms with E-state index in [4.69, 9.17) is 39.5 Å². The summed E-state index contributed by atoms with van der Waals surface area (Å²) in [7, 11) is 0. The molecule has 0 spiro atoms. The highest BCUT2D eigenvalue weighted by Crippen LogP contribution is 2.60. The van der Waals surface area contributed by atoms with E-state index in [0.29, 0.717) is 0 Å². The van der Waals surface area contributed by atoms with E-state index in [1.807, 2.05) is 0 Å². The molecule has 2 atom stereocenters. The fourth-order valence-corrected chi connectivity index (χ4v) is 3.15. The smallest absolute Gasteiger partial charge is 0.426 e. The maximum Gasteiger partial charge on any atom is 0.426 e. The molecule has 1 aromatic rings. The summed E-state index contributed by atoms with van der Waals surface area (Å²) in [4.78, 5) is 15.0. The molecule has 144 valence electrons. The number of allylic oxidation sites excluding steroid dienone is 2. The van der Waals surface area contributed by atoms with Gasteiger partial charge in [0.1, 0.15) is 21.7 Å². The van der Waals surface area contributed by atoms with Crippen molar-refractivity contribution in [2.24, 2.45) is 17.3 Å². The zero-order valence-electron chi connectivity index (χ0n) is 13.2. The first kappa shape index (κ1) is 21.2. The van der Waals surface area contributed by atoms with E-state index in [2.05, 4.69) is 4.98 Å². The van der Waals surface area contributed by atoms with E-state index in [1.165, 1.54) is 0 Å². The summed E-state index contributed by atoms with van der Waals surface area (Å²) < 4.78 is 69.2. The predicted molar refractivity (Wildman–Crippen MR) is 84.7 cm³/mol. The van der Waals surface area contributed by atoms with Crippen LogP contribution in [-0.2, 0) is 16.1 Å². The largest absolute Gasteiger partial charge is 0.460 e. The van der Waals surface area contributed by atoms with Gasteiger partial charge in [0.2, 0.25) is 11.9 Å². The van der Waals surface area contributed by atoms with Gasteiger partial charge >= 0.3 is 12.1 Å². The summed E-state index contributed by atoms with van der Waals surface area (Å²) in [6.07, 6.45) is -3.97. The average Bonchev–Trinajstić information content (AvgIpc) is 3.04. The van der Waals surface area contributed by atoms with Crippen LogP contribution in [0.25, 0.3) is 0 Å². The molecule has 1 aromatic heterocycles. The zero-order chi connectivity index (χ0) is 20.0. The van der Waals surface area contributed by atoms with Crippen LogP contribution >= 0.6 is 34.8 Å². The van der Waals surface area contributed by atoms with Crippen LogP contribution in [0.5, 0.6) is 0 Å². The number of hydrogen-bond acceptors (Lipinski definition) is 3. The second-order valence-electron chi connectivity index (χ2n) is 6.24. The van der Waals surface area contributed by atoms with Gasteiger partial charge in [0, 0.05) is 5.56 Å². The Labute approximate surface area is 160 Å². The van der Waals surface area contributed by atoms with E-state index in [1.54, 1.807) is 13.8 Å². The van der Waals surface area contributed by atoms with E-state index in [-0.39, 0.29) is 5.56 Å². The molecule has 2 rings (SSSR count). The number of halogens is 8. The number of esters is 1. The lowest BCUT2D eigenvalue weighted by Gasteiger charge is -2.09. The molecule has 1 heterocycles. The van der Waals surface area contributed by atoms with Crippen molar-refractivity contribution < 1.29 is 31.5 Å². The van der Waals surface area contributed by atoms with Gasteiger partial charge < -0.3 is 4.74 Å². The number of alkyl halides is 3. The molecule has 3 nitrogen and oxygen atoms in total. The molecule has 0 N–H and O–H groups in total. The van der Waals surface area contributed by atoms with Gasteiger partial charge in [0.25, 0.3) is 0 Å². The summed E-state index contributed by atoms with van der Waals surface area (Å²) in [6, 6.07) is 0. The summed E-state index contributed by atoms with van der Waals surface area (Å²) >= 11 is 16.4. The molecule has 0 bridgehead atoms. The Balaban J connectivity index is 2.13. The molecule has 11 heteroatoms. The molecule has 0 amide bonds. The number of hydrogen-bond donors (Lipinski definition) is 0. The van der Waals surface area contributed by atoms with Crippen molar-refractivity contribution in [2.75, 3.05) is 0 Å². The fraction of sp³-hybridized carbons (Fsp3) is 0.467. The van der Waals surface area contributed by atoms with E-state index < -0.39 is 63.0 Å². The monoisotopic (exact) mass is 437 g/mol. The van der Waals surface area contributed by atoms with Crippen LogP contribution in [0.4, 0.5) is 22.0 Å². The Bertz CT molecular complexity index is 753. The first-order valence-corrected chi connectivity index (χ1v) is 8.21. The van der Waals surface area contributed by atoms with Gasteiger partial charge in [0.15, 0.2) is 0 Å². The Kier molecular flexibility index (Phi) is 5.81. The van der Waals surface area contributed by atoms with E-state index >= 15 is 0 Å². The first-order valence-electron chi connectivity index (χ1n) is 7.08. The second-order valence-corrected chi connectivity index (χ2v) is 7.41. The highest BCUT2D eigenvalue weighted by molar-refractivity contribution is 6.35. The number of ether oxygens (including phenoxy) is 1. The number of carbonyl (C=O) groups is 1. The standard InChI is InChI=1S/C15H11Cl3F5NO2/c1-14(2)6(3-7(16)15(21,22)23)8(14)13(25)26-4-5-9(17)11(19)24-12(20)10(5)18/h3,6,8H,4H2,1-2H3/t6-,8-/m0/s1. The van der Waals surface area contributed by atoms with Crippen LogP contribution in [-0.4, -0.2) is 17.1 Å². The Morgan fingerprint density at radius 3 is 2.19 bits per heavy atom. The summed E-state index contributed by atoms with van der Waals surface area (Å²) in [5.41, 5.74) is -1.16. The summed E-state index contributed by atoms with van der Waals surface area (Å²) in [6.45, 7) is 2.46. The molecule has 1 fully saturated rings. The quantitative estimate of drug-likeness (QED) is 0.346. The SMILES string of the molecule is CC1(C)[C@H](C(=O)OCc2c(Cl)c(F)nc(F)c2Cl)[C@@H]1C=C(Cl)C(F)(F)F. The molecule has 26 heavy (non-hydrogen) atoms. The Hall–Kier alpha value is -1.12. The van der Waals surface area contributed by atoms with Crippen molar-refractivity contribution in [3.8, 4) is 0 Å². The van der Waals surface area contributed by atoms with Crippen LogP contribution < -0.4 is 0 Å². The molecule has 1 saturated carbocycles. The van der Waals surface area contributed by atoms with Crippen LogP contribution in [0.1, 0.15) is 19.4 Å². The molecule has 0 saturated heterocycles. The summed E-state index contributed by atoms with van der Waals surface area (Å²) in [5.74, 6) is -5.24. The lowest BCUT2D eigenvalue weighted by Crippen LogP contribution is -2.12. The van der Waals surface area contributed by atoms with Crippen molar-refractivity contribution in [3.63, 3.8) is 0 Å². The number of pyridine rings is 1. The molecule has 0 aromatic carbocycles. The highest BCUT2D eigenvalue weighted by Gasteiger charge is 2.62. The minimum atomic E-state index is -4.72. The Morgan fingerprint density at radius 2 is 1.73 bits per heavy atom. The molecule has 0 aliphatic heterocycles. The van der Waals surface area contributed by atoms with Gasteiger partial charge in [-0.2, -0.15) is 26.9 Å². The van der Waals surface area contributed by atoms with Crippen molar-refractivity contribution in [3.05, 3.63) is 38.6 Å². The highest BCUT2D eigenvalue weighted by atomic mass is 35.5. The maximum atomic E-state index is 13.3.